The van der Waals surface area contributed by atoms with E-state index in [1.54, 1.807) is 36.0 Å². The Morgan fingerprint density at radius 2 is 1.71 bits per heavy atom. The zero-order valence-electron chi connectivity index (χ0n) is 11.9. The predicted octanol–water partition coefficient (Wildman–Crippen LogP) is 4.04. The molecule has 2 rings (SSSR count). The fourth-order valence-electron chi connectivity index (χ4n) is 1.72. The molecule has 0 spiro atoms. The van der Waals surface area contributed by atoms with Crippen LogP contribution in [-0.2, 0) is 4.79 Å². The molecule has 21 heavy (non-hydrogen) atoms. The van der Waals surface area contributed by atoms with Crippen LogP contribution in [0.4, 0.5) is 0 Å². The molecular weight excluding hydrogens is 284 g/mol. The molecule has 0 atom stereocenters. The summed E-state index contributed by atoms with van der Waals surface area (Å²) in [5, 5.41) is 0. The normalized spacial score (nSPS) is 10.6. The van der Waals surface area contributed by atoms with Crippen molar-refractivity contribution in [3.63, 3.8) is 0 Å². The second kappa shape index (κ2) is 7.55. The first-order valence-electron chi connectivity index (χ1n) is 6.40. The van der Waals surface area contributed by atoms with E-state index in [0.717, 1.165) is 5.56 Å². The predicted molar refractivity (Wildman–Crippen MR) is 85.9 cm³/mol. The van der Waals surface area contributed by atoms with Crippen molar-refractivity contribution in [3.8, 4) is 11.5 Å². The van der Waals surface area contributed by atoms with Gasteiger partial charge in [0.15, 0.2) is 11.5 Å². The second-order valence-corrected chi connectivity index (χ2v) is 5.06. The van der Waals surface area contributed by atoms with Crippen molar-refractivity contribution in [2.75, 3.05) is 13.4 Å². The van der Waals surface area contributed by atoms with Crippen LogP contribution in [-0.4, -0.2) is 19.3 Å². The third kappa shape index (κ3) is 4.39. The largest absolute Gasteiger partial charge is 0.493 e. The number of methoxy groups -OCH3 is 1. The Hall–Kier alpha value is -2.20. The second-order valence-electron chi connectivity index (χ2n) is 4.18. The Morgan fingerprint density at radius 1 is 1.05 bits per heavy atom. The molecule has 0 N–H and O–H groups in total. The standard InChI is InChI=1S/C17H16O3S/c1-19-15-5-3-4-6-16(15)20-17(18)12-9-13-7-10-14(21-2)11-8-13/h3-12H,1-2H3/b12-9+. The zero-order chi connectivity index (χ0) is 15.1. The minimum absolute atomic E-state index is 0.410. The van der Waals surface area contributed by atoms with Gasteiger partial charge in [-0.15, -0.1) is 11.8 Å². The van der Waals surface area contributed by atoms with Gasteiger partial charge in [0.1, 0.15) is 0 Å². The Morgan fingerprint density at radius 3 is 2.33 bits per heavy atom. The fraction of sp³-hybridized carbons (Fsp3) is 0.118. The van der Waals surface area contributed by atoms with Crippen LogP contribution in [0.1, 0.15) is 5.56 Å². The van der Waals surface area contributed by atoms with Gasteiger partial charge in [-0.05, 0) is 42.2 Å². The zero-order valence-corrected chi connectivity index (χ0v) is 12.7. The van der Waals surface area contributed by atoms with E-state index < -0.39 is 5.97 Å². The Balaban J connectivity index is 2.02. The van der Waals surface area contributed by atoms with Gasteiger partial charge < -0.3 is 9.47 Å². The average Bonchev–Trinajstić information content (AvgIpc) is 2.54. The van der Waals surface area contributed by atoms with Crippen molar-refractivity contribution < 1.29 is 14.3 Å². The summed E-state index contributed by atoms with van der Waals surface area (Å²) in [7, 11) is 1.54. The first-order valence-corrected chi connectivity index (χ1v) is 7.62. The van der Waals surface area contributed by atoms with Crippen molar-refractivity contribution in [1.29, 1.82) is 0 Å². The van der Waals surface area contributed by atoms with Crippen LogP contribution < -0.4 is 9.47 Å². The number of hydrogen-bond acceptors (Lipinski definition) is 4. The molecule has 0 saturated carbocycles. The molecule has 0 radical (unpaired) electrons. The van der Waals surface area contributed by atoms with E-state index in [-0.39, 0.29) is 0 Å². The molecule has 0 unspecified atom stereocenters. The Kier molecular flexibility index (Phi) is 5.46. The maximum atomic E-state index is 11.8. The summed E-state index contributed by atoms with van der Waals surface area (Å²) >= 11 is 1.68. The molecule has 0 aliphatic heterocycles. The van der Waals surface area contributed by atoms with Crippen LogP contribution in [0.2, 0.25) is 0 Å². The smallest absolute Gasteiger partial charge is 0.336 e. The number of para-hydroxylation sites is 2. The van der Waals surface area contributed by atoms with Crippen molar-refractivity contribution in [2.45, 2.75) is 4.90 Å². The summed E-state index contributed by atoms with van der Waals surface area (Å²) in [5.74, 6) is 0.504. The van der Waals surface area contributed by atoms with E-state index in [0.29, 0.717) is 11.5 Å². The van der Waals surface area contributed by atoms with E-state index in [2.05, 4.69) is 0 Å². The summed E-state index contributed by atoms with van der Waals surface area (Å²) in [6.07, 6.45) is 5.15. The van der Waals surface area contributed by atoms with Crippen LogP contribution in [0.3, 0.4) is 0 Å². The lowest BCUT2D eigenvalue weighted by atomic mass is 10.2. The molecule has 0 saturated heterocycles. The molecule has 4 heteroatoms. The number of carbonyl (C=O) groups is 1. The van der Waals surface area contributed by atoms with Crippen LogP contribution in [0.15, 0.2) is 59.5 Å². The van der Waals surface area contributed by atoms with E-state index in [1.165, 1.54) is 18.1 Å². The third-order valence-corrected chi connectivity index (χ3v) is 3.55. The lowest BCUT2D eigenvalue weighted by Crippen LogP contribution is -2.04. The summed E-state index contributed by atoms with van der Waals surface area (Å²) in [6.45, 7) is 0. The number of benzene rings is 2. The van der Waals surface area contributed by atoms with E-state index in [9.17, 15) is 4.79 Å². The van der Waals surface area contributed by atoms with Crippen LogP contribution in [0.5, 0.6) is 11.5 Å². The van der Waals surface area contributed by atoms with Gasteiger partial charge in [-0.25, -0.2) is 4.79 Å². The summed E-state index contributed by atoms with van der Waals surface area (Å²) in [5.41, 5.74) is 0.949. The van der Waals surface area contributed by atoms with Crippen molar-refractivity contribution in [1.82, 2.24) is 0 Å². The van der Waals surface area contributed by atoms with Gasteiger partial charge in [-0.1, -0.05) is 24.3 Å². The molecule has 0 bridgehead atoms. The molecule has 0 fully saturated rings. The van der Waals surface area contributed by atoms with E-state index in [4.69, 9.17) is 9.47 Å². The number of hydrogen-bond donors (Lipinski definition) is 0. The first kappa shape index (κ1) is 15.2. The number of thioether (sulfide) groups is 1. The van der Waals surface area contributed by atoms with Crippen molar-refractivity contribution in [3.05, 3.63) is 60.2 Å². The van der Waals surface area contributed by atoms with Crippen molar-refractivity contribution in [2.24, 2.45) is 0 Å². The molecule has 2 aromatic carbocycles. The highest BCUT2D eigenvalue weighted by Gasteiger charge is 2.06. The Labute approximate surface area is 128 Å². The third-order valence-electron chi connectivity index (χ3n) is 2.81. The molecule has 0 aromatic heterocycles. The van der Waals surface area contributed by atoms with Gasteiger partial charge in [0.05, 0.1) is 7.11 Å². The van der Waals surface area contributed by atoms with Gasteiger partial charge in [0.25, 0.3) is 0 Å². The van der Waals surface area contributed by atoms with Gasteiger partial charge in [-0.3, -0.25) is 0 Å². The summed E-state index contributed by atoms with van der Waals surface area (Å²) in [6, 6.07) is 15.0. The molecule has 0 aliphatic carbocycles. The lowest BCUT2D eigenvalue weighted by molar-refractivity contribution is -0.129. The first-order chi connectivity index (χ1) is 10.2. The van der Waals surface area contributed by atoms with Gasteiger partial charge >= 0.3 is 5.97 Å². The molecule has 0 amide bonds. The molecular formula is C17H16O3S. The number of carbonyl (C=O) groups excluding carboxylic acids is 1. The SMILES string of the molecule is COc1ccccc1OC(=O)/C=C/c1ccc(SC)cc1. The van der Waals surface area contributed by atoms with Gasteiger partial charge in [0.2, 0.25) is 0 Å². The quantitative estimate of drug-likeness (QED) is 0.361. The van der Waals surface area contributed by atoms with Gasteiger partial charge in [-0.2, -0.15) is 0 Å². The topological polar surface area (TPSA) is 35.5 Å². The highest BCUT2D eigenvalue weighted by Crippen LogP contribution is 2.26. The highest BCUT2D eigenvalue weighted by molar-refractivity contribution is 7.98. The van der Waals surface area contributed by atoms with Crippen LogP contribution >= 0.6 is 11.8 Å². The van der Waals surface area contributed by atoms with Gasteiger partial charge in [0, 0.05) is 11.0 Å². The molecule has 3 nitrogen and oxygen atoms in total. The Bertz CT molecular complexity index is 633. The fourth-order valence-corrected chi connectivity index (χ4v) is 2.13. The molecule has 2 aromatic rings. The highest BCUT2D eigenvalue weighted by atomic mass is 32.2. The average molecular weight is 300 g/mol. The van der Waals surface area contributed by atoms with Crippen molar-refractivity contribution >= 4 is 23.8 Å². The maximum Gasteiger partial charge on any atom is 0.336 e. The monoisotopic (exact) mass is 300 g/mol. The summed E-state index contributed by atoms with van der Waals surface area (Å²) in [4.78, 5) is 13.0. The summed E-state index contributed by atoms with van der Waals surface area (Å²) < 4.78 is 10.4. The number of esters is 1. The van der Waals surface area contributed by atoms with E-state index >= 15 is 0 Å². The molecule has 0 aliphatic rings. The van der Waals surface area contributed by atoms with Crippen LogP contribution in [0.25, 0.3) is 6.08 Å². The van der Waals surface area contributed by atoms with Crippen LogP contribution in [0, 0.1) is 0 Å². The lowest BCUT2D eigenvalue weighted by Gasteiger charge is -2.06. The number of ether oxygens (including phenoxy) is 2. The minimum atomic E-state index is -0.437. The van der Waals surface area contributed by atoms with E-state index in [1.807, 2.05) is 36.6 Å². The maximum absolute atomic E-state index is 11.8. The minimum Gasteiger partial charge on any atom is -0.493 e. The molecule has 0 heterocycles. The number of rotatable bonds is 5. The molecule has 108 valence electrons.